The molecule has 1 atom stereocenters. The van der Waals surface area contributed by atoms with E-state index in [4.69, 9.17) is 4.74 Å². The second kappa shape index (κ2) is 9.95. The highest BCUT2D eigenvalue weighted by Crippen LogP contribution is 2.16. The van der Waals surface area contributed by atoms with Crippen LogP contribution in [0.5, 0.6) is 0 Å². The summed E-state index contributed by atoms with van der Waals surface area (Å²) in [6, 6.07) is 8.26. The zero-order valence-corrected chi connectivity index (χ0v) is 13.3. The molecule has 0 aliphatic rings. The van der Waals surface area contributed by atoms with Crippen LogP contribution in [-0.2, 0) is 11.2 Å². The molecule has 0 fully saturated rings. The third-order valence-corrected chi connectivity index (χ3v) is 3.43. The van der Waals surface area contributed by atoms with E-state index in [9.17, 15) is 5.11 Å². The van der Waals surface area contributed by atoms with Crippen molar-refractivity contribution in [3.05, 3.63) is 35.4 Å². The maximum atomic E-state index is 10.1. The van der Waals surface area contributed by atoms with E-state index in [1.54, 1.807) is 0 Å². The van der Waals surface area contributed by atoms with Gasteiger partial charge < -0.3 is 9.84 Å². The Morgan fingerprint density at radius 1 is 1.05 bits per heavy atom. The van der Waals surface area contributed by atoms with Crippen LogP contribution in [0, 0.1) is 5.92 Å². The van der Waals surface area contributed by atoms with Crippen LogP contribution in [0.1, 0.15) is 63.7 Å². The quantitative estimate of drug-likeness (QED) is 0.638. The van der Waals surface area contributed by atoms with Crippen molar-refractivity contribution in [2.75, 3.05) is 13.2 Å². The van der Waals surface area contributed by atoms with Crippen molar-refractivity contribution in [3.8, 4) is 0 Å². The van der Waals surface area contributed by atoms with Crippen LogP contribution in [0.25, 0.3) is 0 Å². The van der Waals surface area contributed by atoms with Crippen LogP contribution in [-0.4, -0.2) is 18.3 Å². The SMILES string of the molecule is CCCCCCOCC(O)c1ccc(CC(C)C)cc1. The number of benzene rings is 1. The first-order valence-electron chi connectivity index (χ1n) is 7.98. The maximum absolute atomic E-state index is 10.1. The van der Waals surface area contributed by atoms with E-state index < -0.39 is 6.10 Å². The Morgan fingerprint density at radius 2 is 1.75 bits per heavy atom. The van der Waals surface area contributed by atoms with Gasteiger partial charge in [0, 0.05) is 6.61 Å². The highest BCUT2D eigenvalue weighted by atomic mass is 16.5. The molecule has 0 amide bonds. The van der Waals surface area contributed by atoms with Crippen LogP contribution in [0.15, 0.2) is 24.3 Å². The van der Waals surface area contributed by atoms with Gasteiger partial charge in [-0.2, -0.15) is 0 Å². The molecule has 0 saturated carbocycles. The molecule has 1 unspecified atom stereocenters. The van der Waals surface area contributed by atoms with Gasteiger partial charge in [0.2, 0.25) is 0 Å². The molecule has 2 heteroatoms. The summed E-state index contributed by atoms with van der Waals surface area (Å²) >= 11 is 0. The molecule has 0 heterocycles. The minimum Gasteiger partial charge on any atom is -0.386 e. The first-order valence-corrected chi connectivity index (χ1v) is 7.98. The Labute approximate surface area is 124 Å². The summed E-state index contributed by atoms with van der Waals surface area (Å²) in [5, 5.41) is 10.1. The fourth-order valence-corrected chi connectivity index (χ4v) is 2.27. The summed E-state index contributed by atoms with van der Waals surface area (Å²) < 4.78 is 5.54. The van der Waals surface area contributed by atoms with E-state index in [0.717, 1.165) is 25.0 Å². The van der Waals surface area contributed by atoms with E-state index in [-0.39, 0.29) is 0 Å². The van der Waals surface area contributed by atoms with E-state index in [1.807, 2.05) is 12.1 Å². The second-order valence-electron chi connectivity index (χ2n) is 5.99. The van der Waals surface area contributed by atoms with Gasteiger partial charge in [-0.15, -0.1) is 0 Å². The van der Waals surface area contributed by atoms with Crippen molar-refractivity contribution in [2.24, 2.45) is 5.92 Å². The Bertz CT molecular complexity index is 343. The van der Waals surface area contributed by atoms with Crippen molar-refractivity contribution in [1.82, 2.24) is 0 Å². The summed E-state index contributed by atoms with van der Waals surface area (Å²) in [7, 11) is 0. The molecular formula is C18H30O2. The molecule has 0 spiro atoms. The third-order valence-electron chi connectivity index (χ3n) is 3.43. The molecule has 0 bridgehead atoms. The molecule has 0 aliphatic carbocycles. The van der Waals surface area contributed by atoms with Gasteiger partial charge in [0.1, 0.15) is 6.10 Å². The number of hydrogen-bond donors (Lipinski definition) is 1. The second-order valence-corrected chi connectivity index (χ2v) is 5.99. The van der Waals surface area contributed by atoms with Gasteiger partial charge in [0.25, 0.3) is 0 Å². The predicted molar refractivity (Wildman–Crippen MR) is 84.9 cm³/mol. The lowest BCUT2D eigenvalue weighted by Crippen LogP contribution is -2.08. The number of aliphatic hydroxyl groups is 1. The van der Waals surface area contributed by atoms with Crippen LogP contribution in [0.3, 0.4) is 0 Å². The lowest BCUT2D eigenvalue weighted by Gasteiger charge is -2.13. The molecule has 0 radical (unpaired) electrons. The van der Waals surface area contributed by atoms with Gasteiger partial charge >= 0.3 is 0 Å². The van der Waals surface area contributed by atoms with Crippen LogP contribution in [0.2, 0.25) is 0 Å². The molecule has 0 saturated heterocycles. The predicted octanol–water partition coefficient (Wildman–Crippen LogP) is 4.52. The zero-order valence-electron chi connectivity index (χ0n) is 13.3. The summed E-state index contributed by atoms with van der Waals surface area (Å²) in [6.45, 7) is 7.79. The summed E-state index contributed by atoms with van der Waals surface area (Å²) in [6.07, 6.45) is 5.40. The normalized spacial score (nSPS) is 12.8. The zero-order chi connectivity index (χ0) is 14.8. The highest BCUT2D eigenvalue weighted by molar-refractivity contribution is 5.24. The van der Waals surface area contributed by atoms with E-state index >= 15 is 0 Å². The van der Waals surface area contributed by atoms with Crippen molar-refractivity contribution in [2.45, 2.75) is 59.0 Å². The van der Waals surface area contributed by atoms with Crippen molar-refractivity contribution in [3.63, 3.8) is 0 Å². The number of unbranched alkanes of at least 4 members (excludes halogenated alkanes) is 3. The lowest BCUT2D eigenvalue weighted by atomic mass is 10.0. The Kier molecular flexibility index (Phi) is 8.56. The number of aliphatic hydroxyl groups excluding tert-OH is 1. The van der Waals surface area contributed by atoms with E-state index in [1.165, 1.54) is 24.8 Å². The summed E-state index contributed by atoms with van der Waals surface area (Å²) in [5.41, 5.74) is 2.28. The summed E-state index contributed by atoms with van der Waals surface area (Å²) in [5.74, 6) is 0.664. The van der Waals surface area contributed by atoms with Crippen LogP contribution < -0.4 is 0 Å². The number of rotatable bonds is 10. The molecule has 0 aliphatic heterocycles. The fourth-order valence-electron chi connectivity index (χ4n) is 2.27. The van der Waals surface area contributed by atoms with Crippen molar-refractivity contribution >= 4 is 0 Å². The molecule has 1 N–H and O–H groups in total. The van der Waals surface area contributed by atoms with E-state index in [2.05, 4.69) is 32.9 Å². The molecule has 1 rings (SSSR count). The van der Waals surface area contributed by atoms with Crippen molar-refractivity contribution < 1.29 is 9.84 Å². The Balaban J connectivity index is 2.27. The van der Waals surface area contributed by atoms with Crippen LogP contribution in [0.4, 0.5) is 0 Å². The van der Waals surface area contributed by atoms with Crippen molar-refractivity contribution in [1.29, 1.82) is 0 Å². The monoisotopic (exact) mass is 278 g/mol. The van der Waals surface area contributed by atoms with Gasteiger partial charge in [-0.1, -0.05) is 64.3 Å². The fraction of sp³-hybridized carbons (Fsp3) is 0.667. The average molecular weight is 278 g/mol. The third kappa shape index (κ3) is 7.06. The van der Waals surface area contributed by atoms with Gasteiger partial charge in [-0.05, 0) is 29.9 Å². The molecule has 1 aromatic carbocycles. The molecule has 20 heavy (non-hydrogen) atoms. The number of ether oxygens (including phenoxy) is 1. The standard InChI is InChI=1S/C18H30O2/c1-4-5-6-7-12-20-14-18(19)17-10-8-16(9-11-17)13-15(2)3/h8-11,15,18-19H,4-7,12-14H2,1-3H3. The van der Waals surface area contributed by atoms with Crippen LogP contribution >= 0.6 is 0 Å². The molecular weight excluding hydrogens is 248 g/mol. The first kappa shape index (κ1) is 17.2. The van der Waals surface area contributed by atoms with Gasteiger partial charge in [0.05, 0.1) is 6.61 Å². The topological polar surface area (TPSA) is 29.5 Å². The molecule has 2 nitrogen and oxygen atoms in total. The minimum absolute atomic E-state index is 0.398. The highest BCUT2D eigenvalue weighted by Gasteiger charge is 2.07. The van der Waals surface area contributed by atoms with E-state index in [0.29, 0.717) is 12.5 Å². The smallest absolute Gasteiger partial charge is 0.102 e. The maximum Gasteiger partial charge on any atom is 0.102 e. The molecule has 1 aromatic rings. The van der Waals surface area contributed by atoms with Gasteiger partial charge in [-0.25, -0.2) is 0 Å². The van der Waals surface area contributed by atoms with Gasteiger partial charge in [0.15, 0.2) is 0 Å². The lowest BCUT2D eigenvalue weighted by molar-refractivity contribution is 0.0344. The number of hydrogen-bond acceptors (Lipinski definition) is 2. The minimum atomic E-state index is -0.505. The molecule has 0 aromatic heterocycles. The molecule has 114 valence electrons. The largest absolute Gasteiger partial charge is 0.386 e. The average Bonchev–Trinajstić information content (AvgIpc) is 2.42. The Morgan fingerprint density at radius 3 is 2.35 bits per heavy atom. The Hall–Kier alpha value is -0.860. The first-order chi connectivity index (χ1) is 9.63. The van der Waals surface area contributed by atoms with Gasteiger partial charge in [-0.3, -0.25) is 0 Å². The summed E-state index contributed by atoms with van der Waals surface area (Å²) in [4.78, 5) is 0.